The number of hydrogen-bond acceptors (Lipinski definition) is 6. The van der Waals surface area contributed by atoms with Gasteiger partial charge in [-0.1, -0.05) is 18.6 Å². The third kappa shape index (κ3) is 6.12. The summed E-state index contributed by atoms with van der Waals surface area (Å²) in [5.74, 6) is -1.68. The molecule has 1 saturated heterocycles. The summed E-state index contributed by atoms with van der Waals surface area (Å²) in [5, 5.41) is 0. The molecule has 34 heavy (non-hydrogen) atoms. The van der Waals surface area contributed by atoms with Crippen molar-refractivity contribution in [2.75, 3.05) is 33.4 Å². The molecule has 1 aliphatic heterocycles. The van der Waals surface area contributed by atoms with Gasteiger partial charge in [-0.3, -0.25) is 4.79 Å². The highest BCUT2D eigenvalue weighted by atomic mass is 32.2. The van der Waals surface area contributed by atoms with E-state index in [0.29, 0.717) is 25.2 Å². The van der Waals surface area contributed by atoms with E-state index in [-0.39, 0.29) is 22.8 Å². The summed E-state index contributed by atoms with van der Waals surface area (Å²) in [6.07, 6.45) is 2.61. The molecule has 184 valence electrons. The summed E-state index contributed by atoms with van der Waals surface area (Å²) in [4.78, 5) is 26.5. The van der Waals surface area contributed by atoms with Crippen LogP contribution >= 0.6 is 0 Å². The van der Waals surface area contributed by atoms with Gasteiger partial charge in [0.1, 0.15) is 0 Å². The highest BCUT2D eigenvalue weighted by Gasteiger charge is 2.27. The second-order valence-corrected chi connectivity index (χ2v) is 9.88. The maximum atomic E-state index is 13.9. The minimum absolute atomic E-state index is 0.0203. The molecule has 1 amide bonds. The van der Waals surface area contributed by atoms with Crippen molar-refractivity contribution in [2.45, 2.75) is 37.6 Å². The first-order valence-corrected chi connectivity index (χ1v) is 12.6. The van der Waals surface area contributed by atoms with E-state index >= 15 is 0 Å². The number of carbonyl (C=O) groups excluding carboxylic acids is 2. The zero-order chi connectivity index (χ0) is 24.7. The van der Waals surface area contributed by atoms with Crippen LogP contribution in [-0.4, -0.2) is 62.9 Å². The fraction of sp³-hybridized carbons (Fsp3) is 0.417. The molecule has 1 fully saturated rings. The third-order valence-electron chi connectivity index (χ3n) is 5.67. The van der Waals surface area contributed by atoms with Crippen LogP contribution < -0.4 is 4.74 Å². The van der Waals surface area contributed by atoms with Gasteiger partial charge in [-0.15, -0.1) is 0 Å². The predicted octanol–water partition coefficient (Wildman–Crippen LogP) is 3.21. The number of ether oxygens (including phenoxy) is 2. The van der Waals surface area contributed by atoms with Crippen LogP contribution in [0.4, 0.5) is 4.39 Å². The lowest BCUT2D eigenvalue weighted by Gasteiger charge is -2.26. The van der Waals surface area contributed by atoms with Crippen LogP contribution in [0.2, 0.25) is 0 Å². The van der Waals surface area contributed by atoms with Gasteiger partial charge in [-0.25, -0.2) is 17.6 Å². The van der Waals surface area contributed by atoms with Gasteiger partial charge >= 0.3 is 5.97 Å². The molecule has 0 saturated carbocycles. The van der Waals surface area contributed by atoms with E-state index in [1.807, 2.05) is 0 Å². The maximum Gasteiger partial charge on any atom is 0.338 e. The Bertz CT molecular complexity index is 1130. The summed E-state index contributed by atoms with van der Waals surface area (Å²) in [5.41, 5.74) is 0.613. The van der Waals surface area contributed by atoms with E-state index in [1.54, 1.807) is 13.0 Å². The molecule has 8 nitrogen and oxygen atoms in total. The van der Waals surface area contributed by atoms with Crippen LogP contribution in [0, 0.1) is 5.82 Å². The van der Waals surface area contributed by atoms with Gasteiger partial charge in [0.2, 0.25) is 10.0 Å². The summed E-state index contributed by atoms with van der Waals surface area (Å²) >= 11 is 0. The first kappa shape index (κ1) is 25.6. The van der Waals surface area contributed by atoms with E-state index in [9.17, 15) is 22.4 Å². The molecule has 2 aromatic rings. The topological polar surface area (TPSA) is 93.2 Å². The zero-order valence-corrected chi connectivity index (χ0v) is 20.1. The molecular formula is C24H29FN2O6S. The predicted molar refractivity (Wildman–Crippen MR) is 123 cm³/mol. The molecule has 0 N–H and O–H groups in total. The Morgan fingerprint density at radius 1 is 1.09 bits per heavy atom. The van der Waals surface area contributed by atoms with Crippen LogP contribution in [0.25, 0.3) is 0 Å². The van der Waals surface area contributed by atoms with E-state index in [4.69, 9.17) is 9.47 Å². The molecular weight excluding hydrogens is 463 g/mol. The van der Waals surface area contributed by atoms with Gasteiger partial charge in [0, 0.05) is 26.2 Å². The zero-order valence-electron chi connectivity index (χ0n) is 19.3. The Morgan fingerprint density at radius 2 is 1.82 bits per heavy atom. The smallest absolute Gasteiger partial charge is 0.338 e. The number of esters is 1. The van der Waals surface area contributed by atoms with Crippen molar-refractivity contribution in [3.63, 3.8) is 0 Å². The fourth-order valence-electron chi connectivity index (χ4n) is 3.74. The van der Waals surface area contributed by atoms with E-state index in [0.717, 1.165) is 19.3 Å². The average molecular weight is 493 g/mol. The number of piperidine rings is 1. The number of halogens is 1. The van der Waals surface area contributed by atoms with E-state index < -0.39 is 34.3 Å². The normalized spacial score (nSPS) is 14.4. The largest absolute Gasteiger partial charge is 0.494 e. The maximum absolute atomic E-state index is 13.9. The molecule has 0 atom stereocenters. The van der Waals surface area contributed by atoms with E-state index in [1.165, 1.54) is 52.7 Å². The van der Waals surface area contributed by atoms with Crippen molar-refractivity contribution in [3.05, 3.63) is 59.4 Å². The first-order valence-electron chi connectivity index (χ1n) is 11.1. The van der Waals surface area contributed by atoms with Crippen LogP contribution in [-0.2, 0) is 26.1 Å². The van der Waals surface area contributed by atoms with Crippen molar-refractivity contribution in [1.29, 1.82) is 0 Å². The lowest BCUT2D eigenvalue weighted by Crippen LogP contribution is -2.35. The highest BCUT2D eigenvalue weighted by molar-refractivity contribution is 7.89. The number of sulfonamides is 1. The van der Waals surface area contributed by atoms with Crippen molar-refractivity contribution >= 4 is 21.9 Å². The van der Waals surface area contributed by atoms with Crippen molar-refractivity contribution in [1.82, 2.24) is 9.21 Å². The number of likely N-dealkylation sites (N-methyl/N-ethyl adjacent to an activating group) is 1. The van der Waals surface area contributed by atoms with Gasteiger partial charge in [0.15, 0.2) is 18.2 Å². The molecule has 0 aliphatic carbocycles. The van der Waals surface area contributed by atoms with Crippen LogP contribution in [0.15, 0.2) is 47.4 Å². The summed E-state index contributed by atoms with van der Waals surface area (Å²) in [6.45, 7) is 2.61. The molecule has 1 heterocycles. The summed E-state index contributed by atoms with van der Waals surface area (Å²) in [6, 6.07) is 10.1. The van der Waals surface area contributed by atoms with Crippen molar-refractivity contribution in [2.24, 2.45) is 0 Å². The quantitative estimate of drug-likeness (QED) is 0.499. The standard InChI is InChI=1S/C24H29FN2O6S/c1-3-26(16-18-10-11-22(32-2)21(25)14-18)23(28)17-33-24(29)19-8-7-9-20(15-19)34(30,31)27-12-5-4-6-13-27/h7-11,14-15H,3-6,12-13,16-17H2,1-2H3. The molecule has 0 aromatic heterocycles. The second kappa shape index (κ2) is 11.4. The minimum Gasteiger partial charge on any atom is -0.494 e. The monoisotopic (exact) mass is 492 g/mol. The lowest BCUT2D eigenvalue weighted by molar-refractivity contribution is -0.134. The lowest BCUT2D eigenvalue weighted by atomic mass is 10.2. The number of hydrogen-bond donors (Lipinski definition) is 0. The Balaban J connectivity index is 1.62. The summed E-state index contributed by atoms with van der Waals surface area (Å²) in [7, 11) is -2.33. The number of benzene rings is 2. The van der Waals surface area contributed by atoms with Crippen LogP contribution in [0.1, 0.15) is 42.1 Å². The Kier molecular flexibility index (Phi) is 8.62. The van der Waals surface area contributed by atoms with E-state index in [2.05, 4.69) is 0 Å². The molecule has 2 aromatic carbocycles. The third-order valence-corrected chi connectivity index (χ3v) is 7.57. The van der Waals surface area contributed by atoms with Gasteiger partial charge in [-0.2, -0.15) is 4.31 Å². The van der Waals surface area contributed by atoms with Gasteiger partial charge < -0.3 is 14.4 Å². The fourth-order valence-corrected chi connectivity index (χ4v) is 5.31. The number of rotatable bonds is 9. The minimum atomic E-state index is -3.70. The molecule has 3 rings (SSSR count). The van der Waals surface area contributed by atoms with Crippen LogP contribution in [0.5, 0.6) is 5.75 Å². The Hall–Kier alpha value is -2.98. The average Bonchev–Trinajstić information content (AvgIpc) is 2.86. The van der Waals surface area contributed by atoms with Gasteiger partial charge in [0.05, 0.1) is 17.6 Å². The molecule has 0 spiro atoms. The SMILES string of the molecule is CCN(Cc1ccc(OC)c(F)c1)C(=O)COC(=O)c1cccc(S(=O)(=O)N2CCCCC2)c1. The Morgan fingerprint density at radius 3 is 2.47 bits per heavy atom. The van der Waals surface area contributed by atoms with Crippen molar-refractivity contribution < 1.29 is 31.9 Å². The Labute approximate surface area is 199 Å². The van der Waals surface area contributed by atoms with Crippen molar-refractivity contribution in [3.8, 4) is 5.75 Å². The number of carbonyl (C=O) groups is 2. The number of methoxy groups -OCH3 is 1. The number of nitrogens with zero attached hydrogens (tertiary/aromatic N) is 2. The van der Waals surface area contributed by atoms with Gasteiger partial charge in [0.25, 0.3) is 5.91 Å². The number of amides is 1. The molecule has 0 radical (unpaired) electrons. The molecule has 10 heteroatoms. The molecule has 1 aliphatic rings. The first-order chi connectivity index (χ1) is 16.3. The highest BCUT2D eigenvalue weighted by Crippen LogP contribution is 2.22. The van der Waals surface area contributed by atoms with Gasteiger partial charge in [-0.05, 0) is 55.7 Å². The van der Waals surface area contributed by atoms with Crippen LogP contribution in [0.3, 0.4) is 0 Å². The second-order valence-electron chi connectivity index (χ2n) is 7.95. The molecule has 0 unspecified atom stereocenters. The summed E-state index contributed by atoms with van der Waals surface area (Å²) < 4.78 is 51.2. The molecule has 0 bridgehead atoms.